The van der Waals surface area contributed by atoms with Crippen LogP contribution in [0.4, 0.5) is 0 Å². The van der Waals surface area contributed by atoms with Gasteiger partial charge in [-0.05, 0) is 37.5 Å². The average molecular weight is 230 g/mol. The lowest BCUT2D eigenvalue weighted by Crippen LogP contribution is -2.05. The third-order valence-corrected chi connectivity index (χ3v) is 3.62. The molecule has 4 nitrogen and oxygen atoms in total. The van der Waals surface area contributed by atoms with E-state index in [1.165, 1.54) is 25.7 Å². The van der Waals surface area contributed by atoms with Gasteiger partial charge in [-0.25, -0.2) is 9.50 Å². The van der Waals surface area contributed by atoms with E-state index in [1.54, 1.807) is 0 Å². The quantitative estimate of drug-likeness (QED) is 0.862. The molecule has 17 heavy (non-hydrogen) atoms. The first-order chi connectivity index (χ1) is 8.24. The topological polar surface area (TPSA) is 56.2 Å². The lowest BCUT2D eigenvalue weighted by atomic mass is 10.1. The number of hydrogen-bond acceptors (Lipinski definition) is 3. The molecule has 1 unspecified atom stereocenters. The van der Waals surface area contributed by atoms with Crippen LogP contribution in [0.3, 0.4) is 0 Å². The minimum atomic E-state index is 0.0478. The summed E-state index contributed by atoms with van der Waals surface area (Å²) >= 11 is 0. The van der Waals surface area contributed by atoms with Crippen molar-refractivity contribution in [3.63, 3.8) is 0 Å². The molecule has 1 aliphatic rings. The summed E-state index contributed by atoms with van der Waals surface area (Å²) in [6.45, 7) is 1.99. The van der Waals surface area contributed by atoms with E-state index < -0.39 is 0 Å². The molecule has 3 rings (SSSR count). The van der Waals surface area contributed by atoms with Crippen molar-refractivity contribution in [3.8, 4) is 0 Å². The maximum Gasteiger partial charge on any atom is 0.155 e. The van der Waals surface area contributed by atoms with Crippen LogP contribution >= 0.6 is 0 Å². The summed E-state index contributed by atoms with van der Waals surface area (Å²) in [5, 5.41) is 4.56. The number of hydrogen-bond donors (Lipinski definition) is 1. The molecule has 0 spiro atoms. The minimum Gasteiger partial charge on any atom is -0.324 e. The molecule has 0 aliphatic heterocycles. The van der Waals surface area contributed by atoms with Crippen molar-refractivity contribution in [2.24, 2.45) is 5.73 Å². The summed E-state index contributed by atoms with van der Waals surface area (Å²) in [6.07, 6.45) is 7.05. The Labute approximate surface area is 101 Å². The van der Waals surface area contributed by atoms with Crippen LogP contribution in [0.15, 0.2) is 18.3 Å². The van der Waals surface area contributed by atoms with Crippen molar-refractivity contribution in [1.82, 2.24) is 14.6 Å². The molecule has 0 radical (unpaired) electrons. The van der Waals surface area contributed by atoms with Crippen molar-refractivity contribution in [1.29, 1.82) is 0 Å². The zero-order valence-corrected chi connectivity index (χ0v) is 10.1. The number of nitrogens with two attached hydrogens (primary N) is 1. The molecule has 2 N–H and O–H groups in total. The summed E-state index contributed by atoms with van der Waals surface area (Å²) in [7, 11) is 0. The Morgan fingerprint density at radius 2 is 2.18 bits per heavy atom. The molecule has 2 heterocycles. The third-order valence-electron chi connectivity index (χ3n) is 3.62. The number of pyridine rings is 1. The maximum atomic E-state index is 5.88. The van der Waals surface area contributed by atoms with Crippen LogP contribution < -0.4 is 5.73 Å². The predicted molar refractivity (Wildman–Crippen MR) is 66.8 cm³/mol. The molecule has 1 saturated carbocycles. The van der Waals surface area contributed by atoms with Gasteiger partial charge in [0.25, 0.3) is 0 Å². The summed E-state index contributed by atoms with van der Waals surface area (Å²) in [6, 6.07) is 4.10. The fourth-order valence-corrected chi connectivity index (χ4v) is 2.55. The smallest absolute Gasteiger partial charge is 0.155 e. The van der Waals surface area contributed by atoms with Gasteiger partial charge in [0.1, 0.15) is 0 Å². The van der Waals surface area contributed by atoms with Crippen LogP contribution in [0, 0.1) is 0 Å². The highest BCUT2D eigenvalue weighted by Gasteiger charge is 2.21. The molecule has 0 bridgehead atoms. The van der Waals surface area contributed by atoms with Crippen molar-refractivity contribution in [2.75, 3.05) is 0 Å². The molecule has 0 aromatic carbocycles. The van der Waals surface area contributed by atoms with Crippen LogP contribution in [0.25, 0.3) is 5.65 Å². The van der Waals surface area contributed by atoms with Gasteiger partial charge < -0.3 is 5.73 Å². The molecule has 4 heteroatoms. The second kappa shape index (κ2) is 4.11. The second-order valence-corrected chi connectivity index (χ2v) is 5.00. The van der Waals surface area contributed by atoms with Crippen LogP contribution in [0.2, 0.25) is 0 Å². The first kappa shape index (κ1) is 10.7. The van der Waals surface area contributed by atoms with Crippen LogP contribution in [-0.2, 0) is 0 Å². The van der Waals surface area contributed by atoms with E-state index in [0.717, 1.165) is 17.0 Å². The van der Waals surface area contributed by atoms with Gasteiger partial charge in [0.05, 0.1) is 0 Å². The highest BCUT2D eigenvalue weighted by molar-refractivity contribution is 5.41. The van der Waals surface area contributed by atoms with Gasteiger partial charge in [0.15, 0.2) is 11.5 Å². The van der Waals surface area contributed by atoms with E-state index >= 15 is 0 Å². The first-order valence-corrected chi connectivity index (χ1v) is 6.36. The van der Waals surface area contributed by atoms with Gasteiger partial charge in [-0.1, -0.05) is 12.8 Å². The molecule has 0 amide bonds. The van der Waals surface area contributed by atoms with Crippen LogP contribution in [0.1, 0.15) is 56.0 Å². The fraction of sp³-hybridized carbons (Fsp3) is 0.538. The van der Waals surface area contributed by atoms with E-state index in [2.05, 4.69) is 10.1 Å². The Balaban J connectivity index is 2.00. The monoisotopic (exact) mass is 230 g/mol. The maximum absolute atomic E-state index is 5.88. The predicted octanol–water partition coefficient (Wildman–Crippen LogP) is 2.41. The van der Waals surface area contributed by atoms with E-state index in [0.29, 0.717) is 5.92 Å². The Kier molecular flexibility index (Phi) is 2.59. The average Bonchev–Trinajstić information content (AvgIpc) is 2.96. The molecule has 90 valence electrons. The standard InChI is InChI=1S/C13H18N4/c1-9(14)11-6-7-17-12(8-11)15-13(16-17)10-4-2-3-5-10/h6-10H,2-5,14H2,1H3. The van der Waals surface area contributed by atoms with Crippen molar-refractivity contribution in [2.45, 2.75) is 44.6 Å². The van der Waals surface area contributed by atoms with E-state index in [-0.39, 0.29) is 6.04 Å². The van der Waals surface area contributed by atoms with E-state index in [9.17, 15) is 0 Å². The Bertz CT molecular complexity index is 523. The van der Waals surface area contributed by atoms with Gasteiger partial charge >= 0.3 is 0 Å². The lowest BCUT2D eigenvalue weighted by Gasteiger charge is -2.03. The van der Waals surface area contributed by atoms with Crippen molar-refractivity contribution in [3.05, 3.63) is 29.7 Å². The summed E-state index contributed by atoms with van der Waals surface area (Å²) in [5.74, 6) is 1.57. The molecular weight excluding hydrogens is 212 g/mol. The molecule has 1 fully saturated rings. The second-order valence-electron chi connectivity index (χ2n) is 5.00. The number of fused-ring (bicyclic) bond motifs is 1. The van der Waals surface area contributed by atoms with Crippen LogP contribution in [-0.4, -0.2) is 14.6 Å². The molecule has 2 aromatic heterocycles. The van der Waals surface area contributed by atoms with Crippen LogP contribution in [0.5, 0.6) is 0 Å². The van der Waals surface area contributed by atoms with Gasteiger partial charge in [0.2, 0.25) is 0 Å². The summed E-state index contributed by atoms with van der Waals surface area (Å²) < 4.78 is 1.86. The summed E-state index contributed by atoms with van der Waals surface area (Å²) in [4.78, 5) is 4.63. The highest BCUT2D eigenvalue weighted by atomic mass is 15.3. The normalized spacial score (nSPS) is 18.9. The molecule has 1 aliphatic carbocycles. The van der Waals surface area contributed by atoms with Gasteiger partial charge in [0, 0.05) is 18.2 Å². The zero-order chi connectivity index (χ0) is 11.8. The number of rotatable bonds is 2. The van der Waals surface area contributed by atoms with Crippen molar-refractivity contribution < 1.29 is 0 Å². The molecule has 2 aromatic rings. The largest absolute Gasteiger partial charge is 0.324 e. The van der Waals surface area contributed by atoms with Gasteiger partial charge in [-0.15, -0.1) is 0 Å². The Morgan fingerprint density at radius 1 is 1.41 bits per heavy atom. The number of aromatic nitrogens is 3. The van der Waals surface area contributed by atoms with E-state index in [4.69, 9.17) is 5.73 Å². The van der Waals surface area contributed by atoms with E-state index in [1.807, 2.05) is 29.8 Å². The first-order valence-electron chi connectivity index (χ1n) is 6.36. The van der Waals surface area contributed by atoms with Gasteiger partial charge in [-0.3, -0.25) is 0 Å². The zero-order valence-electron chi connectivity index (χ0n) is 10.1. The lowest BCUT2D eigenvalue weighted by molar-refractivity contribution is 0.666. The molecule has 1 atom stereocenters. The third kappa shape index (κ3) is 1.93. The fourth-order valence-electron chi connectivity index (χ4n) is 2.55. The number of nitrogens with zero attached hydrogens (tertiary/aromatic N) is 3. The Morgan fingerprint density at radius 3 is 2.88 bits per heavy atom. The van der Waals surface area contributed by atoms with Gasteiger partial charge in [-0.2, -0.15) is 5.10 Å². The molecule has 0 saturated heterocycles. The molecular formula is C13H18N4. The Hall–Kier alpha value is -1.42. The minimum absolute atomic E-state index is 0.0478. The van der Waals surface area contributed by atoms with Crippen molar-refractivity contribution >= 4 is 5.65 Å². The highest BCUT2D eigenvalue weighted by Crippen LogP contribution is 2.32. The SMILES string of the molecule is CC(N)c1ccn2nc(C3CCCC3)nc2c1. The summed E-state index contributed by atoms with van der Waals surface area (Å²) in [5.41, 5.74) is 7.91.